The molecular weight excluding hydrogens is 145 g/mol. The zero-order valence-electron chi connectivity index (χ0n) is 6.93. The Balaban J connectivity index is 2.11. The van der Waals surface area contributed by atoms with Crippen molar-refractivity contribution in [3.05, 3.63) is 0 Å². The average Bonchev–Trinajstić information content (AvgIpc) is 2.43. The van der Waals surface area contributed by atoms with Gasteiger partial charge in [0.25, 0.3) is 0 Å². The Kier molecular flexibility index (Phi) is 2.47. The molecule has 0 aromatic rings. The zero-order valence-corrected chi connectivity index (χ0v) is 6.93. The minimum Gasteiger partial charge on any atom is -0.350 e. The number of hydrogen-bond donors (Lipinski definition) is 1. The van der Waals surface area contributed by atoms with Crippen molar-refractivity contribution >= 4 is 5.91 Å². The molecule has 0 saturated heterocycles. The summed E-state index contributed by atoms with van der Waals surface area (Å²) in [5.74, 6) is 0.331. The van der Waals surface area contributed by atoms with Crippen LogP contribution in [-0.2, 0) is 4.79 Å². The van der Waals surface area contributed by atoms with E-state index in [0.29, 0.717) is 18.8 Å². The van der Waals surface area contributed by atoms with E-state index in [4.69, 9.17) is 0 Å². The van der Waals surface area contributed by atoms with Crippen molar-refractivity contribution in [2.75, 3.05) is 0 Å². The van der Waals surface area contributed by atoms with Crippen molar-refractivity contribution in [3.63, 3.8) is 0 Å². The first kappa shape index (κ1) is 8.50. The summed E-state index contributed by atoms with van der Waals surface area (Å²) < 4.78 is 12.3. The lowest BCUT2D eigenvalue weighted by molar-refractivity contribution is -0.122. The van der Waals surface area contributed by atoms with E-state index in [0.717, 1.165) is 0 Å². The van der Waals surface area contributed by atoms with E-state index in [1.54, 1.807) is 0 Å². The fourth-order valence-electron chi connectivity index (χ4n) is 0.950. The van der Waals surface area contributed by atoms with E-state index in [2.05, 4.69) is 5.32 Å². The summed E-state index contributed by atoms with van der Waals surface area (Å²) >= 11 is 0. The molecule has 0 heterocycles. The van der Waals surface area contributed by atoms with Crippen LogP contribution < -0.4 is 5.32 Å². The number of carbonyl (C=O) groups is 1. The van der Waals surface area contributed by atoms with Crippen LogP contribution in [0.5, 0.6) is 0 Å². The third-order valence-corrected chi connectivity index (χ3v) is 1.65. The lowest BCUT2D eigenvalue weighted by atomic mass is 10.1. The van der Waals surface area contributed by atoms with Crippen molar-refractivity contribution in [3.8, 4) is 0 Å². The molecule has 0 aromatic carbocycles. The Hall–Kier alpha value is -0.600. The molecule has 0 aliphatic heterocycles. The van der Waals surface area contributed by atoms with E-state index in [1.807, 2.05) is 13.8 Å². The number of nitrogens with one attached hydrogen (secondary N) is 1. The van der Waals surface area contributed by atoms with E-state index in [9.17, 15) is 9.18 Å². The van der Waals surface area contributed by atoms with Crippen LogP contribution in [0, 0.1) is 5.92 Å². The molecule has 1 N–H and O–H groups in total. The molecule has 3 heteroatoms. The maximum Gasteiger partial charge on any atom is 0.220 e. The molecule has 1 amide bonds. The SMILES string of the molecule is CC(C)CC(=O)N[C@@H]1C[C@@H]1F. The highest BCUT2D eigenvalue weighted by Gasteiger charge is 2.38. The first-order chi connectivity index (χ1) is 5.09. The van der Waals surface area contributed by atoms with E-state index >= 15 is 0 Å². The zero-order chi connectivity index (χ0) is 8.43. The molecule has 1 fully saturated rings. The summed E-state index contributed by atoms with van der Waals surface area (Å²) in [7, 11) is 0. The van der Waals surface area contributed by atoms with Gasteiger partial charge in [-0.05, 0) is 5.92 Å². The van der Waals surface area contributed by atoms with Gasteiger partial charge in [-0.15, -0.1) is 0 Å². The Morgan fingerprint density at radius 2 is 2.27 bits per heavy atom. The second kappa shape index (κ2) is 3.20. The molecule has 1 rings (SSSR count). The van der Waals surface area contributed by atoms with Gasteiger partial charge in [0.1, 0.15) is 6.17 Å². The molecule has 2 nitrogen and oxygen atoms in total. The van der Waals surface area contributed by atoms with Crippen LogP contribution in [0.4, 0.5) is 4.39 Å². The average molecular weight is 159 g/mol. The van der Waals surface area contributed by atoms with Crippen LogP contribution in [0.1, 0.15) is 26.7 Å². The molecule has 0 radical (unpaired) electrons. The lowest BCUT2D eigenvalue weighted by Crippen LogP contribution is -2.27. The van der Waals surface area contributed by atoms with Crippen LogP contribution in [0.25, 0.3) is 0 Å². The quantitative estimate of drug-likeness (QED) is 0.660. The predicted molar refractivity (Wildman–Crippen MR) is 40.9 cm³/mol. The Morgan fingerprint density at radius 3 is 2.64 bits per heavy atom. The molecule has 0 aromatic heterocycles. The first-order valence-electron chi connectivity index (χ1n) is 4.03. The summed E-state index contributed by atoms with van der Waals surface area (Å²) in [5.41, 5.74) is 0. The Morgan fingerprint density at radius 1 is 1.73 bits per heavy atom. The van der Waals surface area contributed by atoms with E-state index in [-0.39, 0.29) is 11.9 Å². The molecule has 0 spiro atoms. The minimum atomic E-state index is -0.786. The van der Waals surface area contributed by atoms with Gasteiger partial charge in [-0.1, -0.05) is 13.8 Å². The monoisotopic (exact) mass is 159 g/mol. The minimum absolute atomic E-state index is 0.0230. The highest BCUT2D eigenvalue weighted by Crippen LogP contribution is 2.24. The highest BCUT2D eigenvalue weighted by atomic mass is 19.1. The lowest BCUT2D eigenvalue weighted by Gasteiger charge is -2.04. The smallest absolute Gasteiger partial charge is 0.220 e. The van der Waals surface area contributed by atoms with Gasteiger partial charge in [0.2, 0.25) is 5.91 Å². The summed E-state index contributed by atoms with van der Waals surface area (Å²) in [4.78, 5) is 11.0. The van der Waals surface area contributed by atoms with Gasteiger partial charge in [-0.3, -0.25) is 4.79 Å². The fraction of sp³-hybridized carbons (Fsp3) is 0.875. The molecule has 2 atom stereocenters. The van der Waals surface area contributed by atoms with Crippen molar-refractivity contribution in [2.45, 2.75) is 38.9 Å². The number of carbonyl (C=O) groups excluding carboxylic acids is 1. The van der Waals surface area contributed by atoms with E-state index in [1.165, 1.54) is 0 Å². The molecule has 1 saturated carbocycles. The van der Waals surface area contributed by atoms with Crippen LogP contribution in [0.15, 0.2) is 0 Å². The summed E-state index contributed by atoms with van der Waals surface area (Å²) in [6.45, 7) is 3.94. The maximum atomic E-state index is 12.3. The van der Waals surface area contributed by atoms with Gasteiger partial charge in [0, 0.05) is 12.8 Å². The Labute approximate surface area is 66.2 Å². The van der Waals surface area contributed by atoms with Crippen molar-refractivity contribution in [1.29, 1.82) is 0 Å². The Bertz CT molecular complexity index is 158. The standard InChI is InChI=1S/C8H14FNO/c1-5(2)3-8(11)10-7-4-6(7)9/h5-7H,3-4H2,1-2H3,(H,10,11)/t6-,7+/m0/s1. The number of amides is 1. The molecular formula is C8H14FNO. The van der Waals surface area contributed by atoms with Gasteiger partial charge >= 0.3 is 0 Å². The van der Waals surface area contributed by atoms with Crippen LogP contribution >= 0.6 is 0 Å². The fourth-order valence-corrected chi connectivity index (χ4v) is 0.950. The molecule has 0 unspecified atom stereocenters. The van der Waals surface area contributed by atoms with Crippen molar-refractivity contribution in [1.82, 2.24) is 5.32 Å². The van der Waals surface area contributed by atoms with Gasteiger partial charge < -0.3 is 5.32 Å². The molecule has 0 bridgehead atoms. The number of hydrogen-bond acceptors (Lipinski definition) is 1. The largest absolute Gasteiger partial charge is 0.350 e. The molecule has 1 aliphatic rings. The van der Waals surface area contributed by atoms with Crippen molar-refractivity contribution in [2.24, 2.45) is 5.92 Å². The topological polar surface area (TPSA) is 29.1 Å². The van der Waals surface area contributed by atoms with Gasteiger partial charge in [0.15, 0.2) is 0 Å². The van der Waals surface area contributed by atoms with Gasteiger partial charge in [0.05, 0.1) is 6.04 Å². The van der Waals surface area contributed by atoms with Crippen LogP contribution in [0.3, 0.4) is 0 Å². The van der Waals surface area contributed by atoms with Crippen LogP contribution in [-0.4, -0.2) is 18.1 Å². The molecule has 1 aliphatic carbocycles. The summed E-state index contributed by atoms with van der Waals surface area (Å²) in [5, 5.41) is 2.62. The second-order valence-corrected chi connectivity index (χ2v) is 3.52. The molecule has 64 valence electrons. The number of alkyl halides is 1. The number of halogens is 1. The summed E-state index contributed by atoms with van der Waals surface area (Å²) in [6.07, 6.45) is 0.221. The highest BCUT2D eigenvalue weighted by molar-refractivity contribution is 5.76. The van der Waals surface area contributed by atoms with Crippen LogP contribution in [0.2, 0.25) is 0 Å². The van der Waals surface area contributed by atoms with E-state index < -0.39 is 6.17 Å². The van der Waals surface area contributed by atoms with Crippen molar-refractivity contribution < 1.29 is 9.18 Å². The maximum absolute atomic E-state index is 12.3. The number of rotatable bonds is 3. The summed E-state index contributed by atoms with van der Waals surface area (Å²) in [6, 6.07) is -0.179. The van der Waals surface area contributed by atoms with Gasteiger partial charge in [-0.25, -0.2) is 4.39 Å². The second-order valence-electron chi connectivity index (χ2n) is 3.52. The normalized spacial score (nSPS) is 28.7. The third-order valence-electron chi connectivity index (χ3n) is 1.65. The third kappa shape index (κ3) is 2.87. The first-order valence-corrected chi connectivity index (χ1v) is 4.03. The van der Waals surface area contributed by atoms with Gasteiger partial charge in [-0.2, -0.15) is 0 Å². The molecule has 11 heavy (non-hydrogen) atoms. The predicted octanol–water partition coefficient (Wildman–Crippen LogP) is 1.26.